The molecule has 0 fully saturated rings. The van der Waals surface area contributed by atoms with Crippen LogP contribution in [0.4, 0.5) is 5.69 Å². The van der Waals surface area contributed by atoms with Gasteiger partial charge in [-0.2, -0.15) is 0 Å². The molecule has 0 saturated heterocycles. The predicted octanol–water partition coefficient (Wildman–Crippen LogP) is 3.51. The molecule has 2 aromatic carbocycles. The van der Waals surface area contributed by atoms with Crippen LogP contribution in [-0.2, 0) is 0 Å². The number of fused-ring (bicyclic) bond motifs is 3. The van der Waals surface area contributed by atoms with Gasteiger partial charge in [-0.3, -0.25) is 19.0 Å². The molecule has 7 nitrogen and oxygen atoms in total. The number of aromatic amines is 1. The van der Waals surface area contributed by atoms with Gasteiger partial charge in [-0.15, -0.1) is 0 Å². The van der Waals surface area contributed by atoms with E-state index in [1.807, 2.05) is 30.3 Å². The van der Waals surface area contributed by atoms with Crippen LogP contribution in [0.2, 0.25) is 0 Å². The SMILES string of the molecule is CN(C(=O)c1ccc2[nH]c(=O)c3cnc(-c4ccccc4)n3c2c1)c1ccncc1. The summed E-state index contributed by atoms with van der Waals surface area (Å²) in [6.45, 7) is 0. The number of anilines is 1. The normalized spacial score (nSPS) is 11.1. The van der Waals surface area contributed by atoms with Crippen LogP contribution in [0.5, 0.6) is 0 Å². The van der Waals surface area contributed by atoms with E-state index in [9.17, 15) is 9.59 Å². The molecule has 0 atom stereocenters. The van der Waals surface area contributed by atoms with E-state index in [4.69, 9.17) is 0 Å². The average molecular weight is 395 g/mol. The molecule has 0 aliphatic rings. The first-order chi connectivity index (χ1) is 14.6. The minimum absolute atomic E-state index is 0.163. The quantitative estimate of drug-likeness (QED) is 0.507. The van der Waals surface area contributed by atoms with Gasteiger partial charge in [-0.25, -0.2) is 4.98 Å². The third kappa shape index (κ3) is 2.84. The smallest absolute Gasteiger partial charge is 0.274 e. The molecule has 0 radical (unpaired) electrons. The summed E-state index contributed by atoms with van der Waals surface area (Å²) in [5.41, 5.74) is 3.66. The number of imidazole rings is 1. The van der Waals surface area contributed by atoms with Gasteiger partial charge in [-0.1, -0.05) is 30.3 Å². The molecule has 1 N–H and O–H groups in total. The van der Waals surface area contributed by atoms with Crippen molar-refractivity contribution >= 4 is 28.1 Å². The topological polar surface area (TPSA) is 83.4 Å². The van der Waals surface area contributed by atoms with Crippen molar-refractivity contribution < 1.29 is 4.79 Å². The molecule has 0 aliphatic carbocycles. The van der Waals surface area contributed by atoms with Gasteiger partial charge in [0.2, 0.25) is 0 Å². The molecule has 0 bridgehead atoms. The lowest BCUT2D eigenvalue weighted by Gasteiger charge is -2.17. The van der Waals surface area contributed by atoms with Gasteiger partial charge in [0.25, 0.3) is 11.5 Å². The van der Waals surface area contributed by atoms with Crippen LogP contribution in [0.25, 0.3) is 27.9 Å². The van der Waals surface area contributed by atoms with E-state index < -0.39 is 0 Å². The molecule has 146 valence electrons. The Labute approximate surface area is 171 Å². The van der Waals surface area contributed by atoms with Crippen LogP contribution in [0.3, 0.4) is 0 Å². The maximum absolute atomic E-state index is 13.1. The molecule has 3 aromatic heterocycles. The van der Waals surface area contributed by atoms with Crippen molar-refractivity contribution in [2.75, 3.05) is 11.9 Å². The number of pyridine rings is 1. The Morgan fingerprint density at radius 2 is 1.77 bits per heavy atom. The van der Waals surface area contributed by atoms with E-state index in [1.165, 1.54) is 0 Å². The Morgan fingerprint density at radius 3 is 2.53 bits per heavy atom. The van der Waals surface area contributed by atoms with E-state index in [0.717, 1.165) is 11.3 Å². The standard InChI is InChI=1S/C23H17N5O2/c1-27(17-9-11-24-12-10-17)23(30)16-7-8-18-19(13-16)28-20(22(29)26-18)14-25-21(28)15-5-3-2-4-6-15/h2-14H,1H3,(H,26,29). The van der Waals surface area contributed by atoms with E-state index in [2.05, 4.69) is 15.0 Å². The van der Waals surface area contributed by atoms with Crippen molar-refractivity contribution in [2.45, 2.75) is 0 Å². The number of hydrogen-bond donors (Lipinski definition) is 1. The molecule has 5 aromatic rings. The summed E-state index contributed by atoms with van der Waals surface area (Å²) in [7, 11) is 1.72. The van der Waals surface area contributed by atoms with Crippen LogP contribution < -0.4 is 10.5 Å². The van der Waals surface area contributed by atoms with Gasteiger partial charge in [0.1, 0.15) is 11.3 Å². The summed E-state index contributed by atoms with van der Waals surface area (Å²) in [4.78, 5) is 38.6. The lowest BCUT2D eigenvalue weighted by atomic mass is 10.1. The van der Waals surface area contributed by atoms with E-state index in [-0.39, 0.29) is 11.5 Å². The number of aromatic nitrogens is 4. The second kappa shape index (κ2) is 6.97. The number of carbonyl (C=O) groups is 1. The summed E-state index contributed by atoms with van der Waals surface area (Å²) >= 11 is 0. The number of nitrogens with one attached hydrogen (secondary N) is 1. The van der Waals surface area contributed by atoms with Gasteiger partial charge < -0.3 is 9.88 Å². The molecule has 5 rings (SSSR count). The fourth-order valence-corrected chi connectivity index (χ4v) is 3.57. The number of nitrogens with zero attached hydrogens (tertiary/aromatic N) is 4. The van der Waals surface area contributed by atoms with Crippen molar-refractivity contribution in [1.82, 2.24) is 19.4 Å². The maximum Gasteiger partial charge on any atom is 0.274 e. The van der Waals surface area contributed by atoms with Crippen LogP contribution >= 0.6 is 0 Å². The third-order valence-corrected chi connectivity index (χ3v) is 5.11. The van der Waals surface area contributed by atoms with Gasteiger partial charge >= 0.3 is 0 Å². The Kier molecular flexibility index (Phi) is 4.14. The number of benzene rings is 2. The molecule has 1 amide bonds. The Hall–Kier alpha value is -4.26. The molecule has 3 heterocycles. The lowest BCUT2D eigenvalue weighted by molar-refractivity contribution is 0.0993. The number of rotatable bonds is 3. The Balaban J connectivity index is 1.71. The minimum Gasteiger partial charge on any atom is -0.319 e. The largest absolute Gasteiger partial charge is 0.319 e. The van der Waals surface area contributed by atoms with Gasteiger partial charge in [0.15, 0.2) is 0 Å². The summed E-state index contributed by atoms with van der Waals surface area (Å²) in [5.74, 6) is 0.484. The van der Waals surface area contributed by atoms with E-state index in [0.29, 0.717) is 27.9 Å². The third-order valence-electron chi connectivity index (χ3n) is 5.11. The van der Waals surface area contributed by atoms with Crippen molar-refractivity contribution in [2.24, 2.45) is 0 Å². The minimum atomic E-state index is -0.231. The van der Waals surface area contributed by atoms with Crippen molar-refractivity contribution in [3.63, 3.8) is 0 Å². The highest BCUT2D eigenvalue weighted by Gasteiger charge is 2.17. The zero-order valence-corrected chi connectivity index (χ0v) is 16.1. The zero-order valence-electron chi connectivity index (χ0n) is 16.1. The summed E-state index contributed by atoms with van der Waals surface area (Å²) in [5, 5.41) is 0. The van der Waals surface area contributed by atoms with E-state index >= 15 is 0 Å². The molecule has 30 heavy (non-hydrogen) atoms. The number of H-pyrrole nitrogens is 1. The first-order valence-corrected chi connectivity index (χ1v) is 9.40. The van der Waals surface area contributed by atoms with Crippen LogP contribution in [0, 0.1) is 0 Å². The predicted molar refractivity (Wildman–Crippen MR) is 116 cm³/mol. The Morgan fingerprint density at radius 1 is 1.00 bits per heavy atom. The first kappa shape index (κ1) is 17.8. The molecular weight excluding hydrogens is 378 g/mol. The summed E-state index contributed by atoms with van der Waals surface area (Å²) in [6.07, 6.45) is 4.84. The number of hydrogen-bond acceptors (Lipinski definition) is 4. The van der Waals surface area contributed by atoms with Crippen LogP contribution in [0.1, 0.15) is 10.4 Å². The second-order valence-electron chi connectivity index (χ2n) is 6.92. The molecule has 0 spiro atoms. The number of amides is 1. The highest BCUT2D eigenvalue weighted by atomic mass is 16.2. The van der Waals surface area contributed by atoms with Crippen LogP contribution in [0.15, 0.2) is 84.0 Å². The molecule has 0 unspecified atom stereocenters. The molecule has 0 aliphatic heterocycles. The monoisotopic (exact) mass is 395 g/mol. The molecule has 0 saturated carbocycles. The highest BCUT2D eigenvalue weighted by Crippen LogP contribution is 2.24. The highest BCUT2D eigenvalue weighted by molar-refractivity contribution is 6.07. The fourth-order valence-electron chi connectivity index (χ4n) is 3.57. The molecular formula is C23H17N5O2. The average Bonchev–Trinajstić information content (AvgIpc) is 3.25. The van der Waals surface area contributed by atoms with Crippen LogP contribution in [-0.4, -0.2) is 32.3 Å². The van der Waals surface area contributed by atoms with Crippen molar-refractivity contribution in [1.29, 1.82) is 0 Å². The zero-order chi connectivity index (χ0) is 20.7. The van der Waals surface area contributed by atoms with Crippen molar-refractivity contribution in [3.05, 3.63) is 95.2 Å². The van der Waals surface area contributed by atoms with Gasteiger partial charge in [0.05, 0.1) is 17.2 Å². The summed E-state index contributed by atoms with van der Waals surface area (Å²) in [6, 6.07) is 18.4. The van der Waals surface area contributed by atoms with Gasteiger partial charge in [0, 0.05) is 36.3 Å². The maximum atomic E-state index is 13.1. The second-order valence-corrected chi connectivity index (χ2v) is 6.92. The van der Waals surface area contributed by atoms with Gasteiger partial charge in [-0.05, 0) is 30.3 Å². The number of carbonyl (C=O) groups excluding carboxylic acids is 1. The Bertz CT molecular complexity index is 1440. The lowest BCUT2D eigenvalue weighted by Crippen LogP contribution is -2.26. The first-order valence-electron chi connectivity index (χ1n) is 9.40. The molecule has 7 heteroatoms. The fraction of sp³-hybridized carbons (Fsp3) is 0.0435. The van der Waals surface area contributed by atoms with E-state index in [1.54, 1.807) is 65.3 Å². The summed E-state index contributed by atoms with van der Waals surface area (Å²) < 4.78 is 1.80. The van der Waals surface area contributed by atoms with Crippen molar-refractivity contribution in [3.8, 4) is 11.4 Å².